The highest BCUT2D eigenvalue weighted by Gasteiger charge is 2.31. The quantitative estimate of drug-likeness (QED) is 0.300. The van der Waals surface area contributed by atoms with Crippen molar-refractivity contribution in [3.63, 3.8) is 0 Å². The molecule has 2 aromatic carbocycles. The summed E-state index contributed by atoms with van der Waals surface area (Å²) in [5.41, 5.74) is -1.04. The number of hydrogen-bond acceptors (Lipinski definition) is 5. The van der Waals surface area contributed by atoms with Gasteiger partial charge in [-0.3, -0.25) is 4.79 Å². The first-order valence-corrected chi connectivity index (χ1v) is 12.0. The summed E-state index contributed by atoms with van der Waals surface area (Å²) in [5, 5.41) is 12.0. The number of thioether (sulfide) groups is 1. The molecule has 1 atom stereocenters. The van der Waals surface area contributed by atoms with E-state index in [-0.39, 0.29) is 16.5 Å². The number of amides is 1. The molecule has 34 heavy (non-hydrogen) atoms. The molecule has 0 saturated carbocycles. The van der Waals surface area contributed by atoms with Gasteiger partial charge in [-0.05, 0) is 50.2 Å². The second-order valence-corrected chi connectivity index (χ2v) is 9.14. The van der Waals surface area contributed by atoms with Crippen LogP contribution in [0.2, 0.25) is 15.1 Å². The van der Waals surface area contributed by atoms with Crippen molar-refractivity contribution in [2.24, 2.45) is 0 Å². The maximum Gasteiger partial charge on any atom is 0.416 e. The van der Waals surface area contributed by atoms with Gasteiger partial charge >= 0.3 is 6.18 Å². The van der Waals surface area contributed by atoms with Crippen LogP contribution in [-0.2, 0) is 17.5 Å². The van der Waals surface area contributed by atoms with Crippen LogP contribution in [0, 0.1) is 0 Å². The van der Waals surface area contributed by atoms with Crippen LogP contribution >= 0.6 is 46.6 Å². The zero-order valence-corrected chi connectivity index (χ0v) is 20.9. The molecule has 0 aliphatic rings. The number of halogens is 6. The largest absolute Gasteiger partial charge is 0.481 e. The van der Waals surface area contributed by atoms with E-state index in [1.165, 1.54) is 0 Å². The average Bonchev–Trinajstić information content (AvgIpc) is 3.18. The smallest absolute Gasteiger partial charge is 0.416 e. The molecule has 0 aliphatic carbocycles. The summed E-state index contributed by atoms with van der Waals surface area (Å²) in [7, 11) is 0. The maximum atomic E-state index is 12.9. The van der Waals surface area contributed by atoms with E-state index in [1.807, 2.05) is 6.92 Å². The Morgan fingerprint density at radius 1 is 1.15 bits per heavy atom. The van der Waals surface area contributed by atoms with E-state index in [4.69, 9.17) is 39.5 Å². The SMILES string of the molecule is CCn1c(SCC(=O)Nc2cc(C(F)(F)F)ccc2Cl)nnc1C(C)Oc1ccc(Cl)cc1Cl. The number of carbonyl (C=O) groups excluding carboxylic acids is 1. The molecular weight excluding hydrogens is 536 g/mol. The lowest BCUT2D eigenvalue weighted by Gasteiger charge is -2.16. The van der Waals surface area contributed by atoms with Crippen molar-refractivity contribution >= 4 is 58.2 Å². The molecule has 1 heterocycles. The van der Waals surface area contributed by atoms with Gasteiger partial charge in [0.15, 0.2) is 17.1 Å². The number of ether oxygens (including phenoxy) is 1. The maximum absolute atomic E-state index is 12.9. The summed E-state index contributed by atoms with van der Waals surface area (Å²) >= 11 is 19.1. The lowest BCUT2D eigenvalue weighted by atomic mass is 10.2. The first kappa shape index (κ1) is 26.5. The molecule has 0 aliphatic heterocycles. The summed E-state index contributed by atoms with van der Waals surface area (Å²) in [6.45, 7) is 4.15. The van der Waals surface area contributed by atoms with Gasteiger partial charge in [0.1, 0.15) is 5.75 Å². The second-order valence-electron chi connectivity index (χ2n) is 6.95. The van der Waals surface area contributed by atoms with Crippen molar-refractivity contribution in [3.8, 4) is 5.75 Å². The van der Waals surface area contributed by atoms with Crippen molar-refractivity contribution in [2.75, 3.05) is 11.1 Å². The molecule has 0 bridgehead atoms. The fourth-order valence-electron chi connectivity index (χ4n) is 2.93. The molecule has 182 valence electrons. The van der Waals surface area contributed by atoms with E-state index < -0.39 is 23.8 Å². The Labute approximate surface area is 212 Å². The van der Waals surface area contributed by atoms with Crippen LogP contribution in [0.1, 0.15) is 31.3 Å². The standard InChI is InChI=1S/C21H18Cl3F3N4O2S/c1-3-31-19(11(2)33-17-7-5-13(22)9-15(17)24)29-30-20(31)34-10-18(32)28-16-8-12(21(25,26)27)4-6-14(16)23/h4-9,11H,3,10H2,1-2H3,(H,28,32). The average molecular weight is 554 g/mol. The third kappa shape index (κ3) is 6.50. The van der Waals surface area contributed by atoms with E-state index in [1.54, 1.807) is 29.7 Å². The number of anilines is 1. The van der Waals surface area contributed by atoms with Crippen molar-refractivity contribution in [1.29, 1.82) is 0 Å². The molecule has 0 saturated heterocycles. The van der Waals surface area contributed by atoms with Crippen molar-refractivity contribution < 1.29 is 22.7 Å². The highest BCUT2D eigenvalue weighted by molar-refractivity contribution is 7.99. The van der Waals surface area contributed by atoms with Gasteiger partial charge in [0.2, 0.25) is 5.91 Å². The molecular formula is C21H18Cl3F3N4O2S. The zero-order valence-electron chi connectivity index (χ0n) is 17.8. The lowest BCUT2D eigenvalue weighted by Crippen LogP contribution is -2.16. The highest BCUT2D eigenvalue weighted by atomic mass is 35.5. The van der Waals surface area contributed by atoms with Crippen LogP contribution in [0.4, 0.5) is 18.9 Å². The molecule has 0 fully saturated rings. The third-order valence-corrected chi connectivity index (χ3v) is 6.35. The lowest BCUT2D eigenvalue weighted by molar-refractivity contribution is -0.137. The molecule has 3 rings (SSSR count). The van der Waals surface area contributed by atoms with Crippen LogP contribution in [0.3, 0.4) is 0 Å². The Kier molecular flexibility index (Phi) is 8.62. The fourth-order valence-corrected chi connectivity index (χ4v) is 4.36. The number of benzene rings is 2. The van der Waals surface area contributed by atoms with Gasteiger partial charge in [0, 0.05) is 11.6 Å². The Morgan fingerprint density at radius 2 is 1.88 bits per heavy atom. The molecule has 1 N–H and O–H groups in total. The molecule has 0 radical (unpaired) electrons. The predicted octanol–water partition coefficient (Wildman–Crippen LogP) is 7.15. The molecule has 1 unspecified atom stereocenters. The Morgan fingerprint density at radius 3 is 2.53 bits per heavy atom. The second kappa shape index (κ2) is 11.1. The minimum atomic E-state index is -4.55. The van der Waals surface area contributed by atoms with Gasteiger partial charge in [0.05, 0.1) is 27.0 Å². The van der Waals surface area contributed by atoms with E-state index in [0.717, 1.165) is 30.0 Å². The predicted molar refractivity (Wildman–Crippen MR) is 127 cm³/mol. The Bertz CT molecular complexity index is 1190. The summed E-state index contributed by atoms with van der Waals surface area (Å²) in [6.07, 6.45) is -5.07. The van der Waals surface area contributed by atoms with E-state index in [2.05, 4.69) is 15.5 Å². The van der Waals surface area contributed by atoms with Crippen LogP contribution in [-0.4, -0.2) is 26.4 Å². The van der Waals surface area contributed by atoms with Gasteiger partial charge in [-0.15, -0.1) is 10.2 Å². The molecule has 13 heteroatoms. The van der Waals surface area contributed by atoms with Gasteiger partial charge in [-0.2, -0.15) is 13.2 Å². The van der Waals surface area contributed by atoms with Crippen LogP contribution in [0.5, 0.6) is 5.75 Å². The van der Waals surface area contributed by atoms with Crippen LogP contribution in [0.15, 0.2) is 41.6 Å². The molecule has 1 aromatic heterocycles. The van der Waals surface area contributed by atoms with Crippen molar-refractivity contribution in [2.45, 2.75) is 37.8 Å². The number of nitrogens with one attached hydrogen (secondary N) is 1. The van der Waals surface area contributed by atoms with Crippen molar-refractivity contribution in [3.05, 3.63) is 62.9 Å². The molecule has 3 aromatic rings. The summed E-state index contributed by atoms with van der Waals surface area (Å²) < 4.78 is 46.5. The Hall–Kier alpha value is -2.14. The van der Waals surface area contributed by atoms with E-state index in [9.17, 15) is 18.0 Å². The van der Waals surface area contributed by atoms with E-state index >= 15 is 0 Å². The van der Waals surface area contributed by atoms with Gasteiger partial charge in [-0.1, -0.05) is 46.6 Å². The molecule has 0 spiro atoms. The molecule has 1 amide bonds. The number of aromatic nitrogens is 3. The fraction of sp³-hybridized carbons (Fsp3) is 0.286. The Balaban J connectivity index is 1.67. The number of carbonyl (C=O) groups is 1. The number of rotatable bonds is 8. The molecule has 6 nitrogen and oxygen atoms in total. The van der Waals surface area contributed by atoms with E-state index in [0.29, 0.717) is 33.3 Å². The minimum Gasteiger partial charge on any atom is -0.481 e. The van der Waals surface area contributed by atoms with Gasteiger partial charge < -0.3 is 14.6 Å². The monoisotopic (exact) mass is 552 g/mol. The zero-order chi connectivity index (χ0) is 25.0. The van der Waals surface area contributed by atoms with Crippen LogP contribution < -0.4 is 10.1 Å². The third-order valence-electron chi connectivity index (χ3n) is 4.52. The highest BCUT2D eigenvalue weighted by Crippen LogP contribution is 2.34. The first-order chi connectivity index (χ1) is 16.0. The first-order valence-electron chi connectivity index (χ1n) is 9.83. The summed E-state index contributed by atoms with van der Waals surface area (Å²) in [6, 6.07) is 7.58. The summed E-state index contributed by atoms with van der Waals surface area (Å²) in [4.78, 5) is 12.4. The minimum absolute atomic E-state index is 0.00260. The van der Waals surface area contributed by atoms with Gasteiger partial charge in [0.25, 0.3) is 0 Å². The number of alkyl halides is 3. The van der Waals surface area contributed by atoms with Gasteiger partial charge in [-0.25, -0.2) is 0 Å². The number of hydrogen-bond donors (Lipinski definition) is 1. The number of nitrogens with zero attached hydrogens (tertiary/aromatic N) is 3. The van der Waals surface area contributed by atoms with Crippen molar-refractivity contribution in [1.82, 2.24) is 14.8 Å². The topological polar surface area (TPSA) is 69.0 Å². The van der Waals surface area contributed by atoms with Crippen LogP contribution in [0.25, 0.3) is 0 Å². The summed E-state index contributed by atoms with van der Waals surface area (Å²) in [5.74, 6) is 0.270. The normalized spacial score (nSPS) is 12.5.